The quantitative estimate of drug-likeness (QED) is 0.321. The Hall–Kier alpha value is -3.78. The van der Waals surface area contributed by atoms with Crippen LogP contribution in [0.5, 0.6) is 0 Å². The maximum Gasteiger partial charge on any atom is 0.416 e. The van der Waals surface area contributed by atoms with Crippen molar-refractivity contribution in [2.24, 2.45) is 0 Å². The van der Waals surface area contributed by atoms with Crippen molar-refractivity contribution >= 4 is 28.3 Å². The van der Waals surface area contributed by atoms with Gasteiger partial charge in [0.15, 0.2) is 0 Å². The first-order chi connectivity index (χ1) is 15.7. The van der Waals surface area contributed by atoms with E-state index >= 15 is 0 Å². The molecular weight excluding hydrogens is 429 g/mol. The van der Waals surface area contributed by atoms with Gasteiger partial charge in [-0.2, -0.15) is 13.2 Å². The second-order valence-electron chi connectivity index (χ2n) is 8.06. The standard InChI is InChI=1S/C25H23F3N4O/c1-32(2)15-16-4-3-5-17(12-16)18-6-11-22-21(13-18)23(14-29-22)31-24(33)30-20-9-7-19(8-10-20)25(26,27)28/h3-14,29H,15H2,1-2H3,(H2,30,31,33). The third-order valence-electron chi connectivity index (χ3n) is 5.16. The summed E-state index contributed by atoms with van der Waals surface area (Å²) in [7, 11) is 4.04. The number of carbonyl (C=O) groups is 1. The lowest BCUT2D eigenvalue weighted by molar-refractivity contribution is -0.137. The zero-order chi connectivity index (χ0) is 23.6. The maximum absolute atomic E-state index is 12.7. The molecular formula is C25H23F3N4O. The molecule has 4 rings (SSSR count). The van der Waals surface area contributed by atoms with Crippen LogP contribution in [-0.2, 0) is 12.7 Å². The van der Waals surface area contributed by atoms with Crippen LogP contribution in [0.2, 0.25) is 0 Å². The summed E-state index contributed by atoms with van der Waals surface area (Å²) in [5.41, 5.74) is 4.19. The Labute approximate surface area is 189 Å². The number of aromatic nitrogens is 1. The van der Waals surface area contributed by atoms with Crippen molar-refractivity contribution < 1.29 is 18.0 Å². The van der Waals surface area contributed by atoms with E-state index in [1.54, 1.807) is 6.20 Å². The minimum absolute atomic E-state index is 0.263. The van der Waals surface area contributed by atoms with Gasteiger partial charge in [0.25, 0.3) is 0 Å². The van der Waals surface area contributed by atoms with E-state index in [1.165, 1.54) is 17.7 Å². The van der Waals surface area contributed by atoms with Gasteiger partial charge in [-0.25, -0.2) is 4.79 Å². The number of halogens is 3. The number of aromatic amines is 1. The van der Waals surface area contributed by atoms with Crippen LogP contribution < -0.4 is 10.6 Å². The van der Waals surface area contributed by atoms with E-state index in [2.05, 4.69) is 32.7 Å². The average Bonchev–Trinajstić information content (AvgIpc) is 3.15. The summed E-state index contributed by atoms with van der Waals surface area (Å²) in [6, 6.07) is 18.0. The number of nitrogens with one attached hydrogen (secondary N) is 3. The van der Waals surface area contributed by atoms with E-state index in [9.17, 15) is 18.0 Å². The van der Waals surface area contributed by atoms with Crippen molar-refractivity contribution in [3.63, 3.8) is 0 Å². The minimum atomic E-state index is -4.42. The highest BCUT2D eigenvalue weighted by atomic mass is 19.4. The fourth-order valence-corrected chi connectivity index (χ4v) is 3.65. The first-order valence-corrected chi connectivity index (χ1v) is 10.3. The topological polar surface area (TPSA) is 60.2 Å². The van der Waals surface area contributed by atoms with E-state index in [1.807, 2.05) is 44.4 Å². The molecule has 0 unspecified atom stereocenters. The summed E-state index contributed by atoms with van der Waals surface area (Å²) in [5.74, 6) is 0. The molecule has 0 aliphatic rings. The second kappa shape index (κ2) is 8.99. The lowest BCUT2D eigenvalue weighted by Crippen LogP contribution is -2.19. The second-order valence-corrected chi connectivity index (χ2v) is 8.06. The largest absolute Gasteiger partial charge is 0.416 e. The molecule has 5 nitrogen and oxygen atoms in total. The van der Waals surface area contributed by atoms with Crippen LogP contribution in [0.1, 0.15) is 11.1 Å². The van der Waals surface area contributed by atoms with Gasteiger partial charge in [0.1, 0.15) is 0 Å². The van der Waals surface area contributed by atoms with Crippen LogP contribution in [0.25, 0.3) is 22.0 Å². The third kappa shape index (κ3) is 5.35. The summed E-state index contributed by atoms with van der Waals surface area (Å²) in [5, 5.41) is 6.15. The number of amides is 2. The smallest absolute Gasteiger partial charge is 0.359 e. The first-order valence-electron chi connectivity index (χ1n) is 10.3. The van der Waals surface area contributed by atoms with Crippen LogP contribution in [0.3, 0.4) is 0 Å². The number of fused-ring (bicyclic) bond motifs is 1. The van der Waals surface area contributed by atoms with Gasteiger partial charge in [-0.3, -0.25) is 0 Å². The Morgan fingerprint density at radius 3 is 2.36 bits per heavy atom. The minimum Gasteiger partial charge on any atom is -0.359 e. The predicted octanol–water partition coefficient (Wildman–Crippen LogP) is 6.56. The van der Waals surface area contributed by atoms with Gasteiger partial charge in [0.2, 0.25) is 0 Å². The molecule has 0 fully saturated rings. The molecule has 0 aliphatic heterocycles. The molecule has 170 valence electrons. The fraction of sp³-hybridized carbons (Fsp3) is 0.160. The van der Waals surface area contributed by atoms with Crippen molar-refractivity contribution in [3.8, 4) is 11.1 Å². The molecule has 1 aromatic heterocycles. The summed E-state index contributed by atoms with van der Waals surface area (Å²) < 4.78 is 38.1. The van der Waals surface area contributed by atoms with E-state index < -0.39 is 17.8 Å². The molecule has 2 amide bonds. The summed E-state index contributed by atoms with van der Waals surface area (Å²) in [6.45, 7) is 0.831. The summed E-state index contributed by atoms with van der Waals surface area (Å²) >= 11 is 0. The number of benzene rings is 3. The van der Waals surface area contributed by atoms with Gasteiger partial charge in [-0.15, -0.1) is 0 Å². The van der Waals surface area contributed by atoms with Crippen molar-refractivity contribution in [1.29, 1.82) is 0 Å². The van der Waals surface area contributed by atoms with Gasteiger partial charge in [-0.1, -0.05) is 24.3 Å². The summed E-state index contributed by atoms with van der Waals surface area (Å²) in [4.78, 5) is 17.7. The normalized spacial score (nSPS) is 11.7. The molecule has 4 aromatic rings. The Morgan fingerprint density at radius 1 is 0.939 bits per heavy atom. The third-order valence-corrected chi connectivity index (χ3v) is 5.16. The van der Waals surface area contributed by atoms with E-state index in [0.717, 1.165) is 40.7 Å². The highest BCUT2D eigenvalue weighted by Crippen LogP contribution is 2.31. The number of rotatable bonds is 5. The zero-order valence-electron chi connectivity index (χ0n) is 18.1. The lowest BCUT2D eigenvalue weighted by atomic mass is 10.0. The maximum atomic E-state index is 12.7. The van der Waals surface area contributed by atoms with Crippen molar-refractivity contribution in [2.75, 3.05) is 24.7 Å². The number of hydrogen-bond acceptors (Lipinski definition) is 2. The Kier molecular flexibility index (Phi) is 6.11. The van der Waals surface area contributed by atoms with E-state index in [0.29, 0.717) is 5.69 Å². The molecule has 3 aromatic carbocycles. The van der Waals surface area contributed by atoms with Crippen molar-refractivity contribution in [1.82, 2.24) is 9.88 Å². The van der Waals surface area contributed by atoms with Crippen LogP contribution in [0.15, 0.2) is 72.9 Å². The van der Waals surface area contributed by atoms with Crippen LogP contribution >= 0.6 is 0 Å². The molecule has 1 heterocycles. The Balaban J connectivity index is 1.52. The van der Waals surface area contributed by atoms with Crippen LogP contribution in [0, 0.1) is 0 Å². The molecule has 8 heteroatoms. The average molecular weight is 452 g/mol. The number of nitrogens with zero attached hydrogens (tertiary/aromatic N) is 1. The number of urea groups is 1. The predicted molar refractivity (Wildman–Crippen MR) is 125 cm³/mol. The van der Waals surface area contributed by atoms with Crippen molar-refractivity contribution in [3.05, 3.63) is 84.1 Å². The molecule has 3 N–H and O–H groups in total. The molecule has 0 aliphatic carbocycles. The van der Waals surface area contributed by atoms with Gasteiger partial charge >= 0.3 is 12.2 Å². The van der Waals surface area contributed by atoms with E-state index in [4.69, 9.17) is 0 Å². The van der Waals surface area contributed by atoms with Gasteiger partial charge < -0.3 is 20.5 Å². The van der Waals surface area contributed by atoms with Gasteiger partial charge in [0.05, 0.1) is 11.3 Å². The lowest BCUT2D eigenvalue weighted by Gasteiger charge is -2.11. The number of anilines is 2. The highest BCUT2D eigenvalue weighted by molar-refractivity contribution is 6.06. The molecule has 0 saturated heterocycles. The van der Waals surface area contributed by atoms with Crippen LogP contribution in [0.4, 0.5) is 29.3 Å². The molecule has 0 saturated carbocycles. The molecule has 33 heavy (non-hydrogen) atoms. The zero-order valence-corrected chi connectivity index (χ0v) is 18.1. The number of carbonyl (C=O) groups excluding carboxylic acids is 1. The fourth-order valence-electron chi connectivity index (χ4n) is 3.65. The number of alkyl halides is 3. The monoisotopic (exact) mass is 452 g/mol. The number of hydrogen-bond donors (Lipinski definition) is 3. The van der Waals surface area contributed by atoms with E-state index in [-0.39, 0.29) is 5.69 Å². The molecule has 0 radical (unpaired) electrons. The highest BCUT2D eigenvalue weighted by Gasteiger charge is 2.30. The Morgan fingerprint density at radius 2 is 1.67 bits per heavy atom. The molecule has 0 bridgehead atoms. The number of H-pyrrole nitrogens is 1. The summed E-state index contributed by atoms with van der Waals surface area (Å²) in [6.07, 6.45) is -2.74. The molecule has 0 spiro atoms. The first kappa shape index (κ1) is 22.4. The Bertz CT molecular complexity index is 1280. The molecule has 0 atom stereocenters. The van der Waals surface area contributed by atoms with Crippen LogP contribution in [-0.4, -0.2) is 30.0 Å². The van der Waals surface area contributed by atoms with Gasteiger partial charge in [0, 0.05) is 29.3 Å². The SMILES string of the molecule is CN(C)Cc1cccc(-c2ccc3[nH]cc(NC(=O)Nc4ccc(C(F)(F)F)cc4)c3c2)c1. The van der Waals surface area contributed by atoms with Crippen molar-refractivity contribution in [2.45, 2.75) is 12.7 Å². The van der Waals surface area contributed by atoms with Gasteiger partial charge in [-0.05, 0) is 73.3 Å².